The molecule has 2 atom stereocenters. The zero-order valence-corrected chi connectivity index (χ0v) is 13.2. The van der Waals surface area contributed by atoms with Crippen molar-refractivity contribution < 1.29 is 9.59 Å². The summed E-state index contributed by atoms with van der Waals surface area (Å²) < 4.78 is 0. The average molecular weight is 300 g/mol. The molecule has 0 radical (unpaired) electrons. The minimum atomic E-state index is -0.0863. The number of nitrogens with zero attached hydrogens (tertiary/aromatic N) is 2. The molecule has 2 fully saturated rings. The van der Waals surface area contributed by atoms with Gasteiger partial charge in [-0.05, 0) is 31.7 Å². The van der Waals surface area contributed by atoms with Crippen molar-refractivity contribution in [2.24, 2.45) is 11.8 Å². The molecule has 2 aliphatic rings. The number of benzene rings is 1. The lowest BCUT2D eigenvalue weighted by Crippen LogP contribution is -2.34. The average Bonchev–Trinajstić information content (AvgIpc) is 3.16. The lowest BCUT2D eigenvalue weighted by atomic mass is 10.2. The molecule has 118 valence electrons. The molecule has 1 aromatic rings. The number of likely N-dealkylation sites (tertiary alicyclic amines) is 1. The summed E-state index contributed by atoms with van der Waals surface area (Å²) in [5.41, 5.74) is 1.14. The zero-order chi connectivity index (χ0) is 15.5. The minimum Gasteiger partial charge on any atom is -0.342 e. The van der Waals surface area contributed by atoms with Gasteiger partial charge in [0, 0.05) is 26.2 Å². The summed E-state index contributed by atoms with van der Waals surface area (Å²) in [6.07, 6.45) is 2.94. The van der Waals surface area contributed by atoms with E-state index in [9.17, 15) is 9.59 Å². The van der Waals surface area contributed by atoms with Crippen LogP contribution in [0.5, 0.6) is 0 Å². The van der Waals surface area contributed by atoms with Gasteiger partial charge >= 0.3 is 0 Å². The van der Waals surface area contributed by atoms with Crippen LogP contribution >= 0.6 is 0 Å². The maximum absolute atomic E-state index is 12.6. The third kappa shape index (κ3) is 3.16. The summed E-state index contributed by atoms with van der Waals surface area (Å²) in [7, 11) is 0. The van der Waals surface area contributed by atoms with Gasteiger partial charge in [-0.1, -0.05) is 30.3 Å². The second kappa shape index (κ2) is 6.51. The topological polar surface area (TPSA) is 40.6 Å². The second-order valence-electron chi connectivity index (χ2n) is 6.32. The number of carbonyl (C=O) groups is 2. The van der Waals surface area contributed by atoms with Crippen LogP contribution in [0.25, 0.3) is 0 Å². The van der Waals surface area contributed by atoms with Crippen LogP contribution in [0.3, 0.4) is 0 Å². The lowest BCUT2D eigenvalue weighted by Gasteiger charge is -2.22. The molecule has 2 amide bonds. The van der Waals surface area contributed by atoms with Gasteiger partial charge in [0.25, 0.3) is 0 Å². The highest BCUT2D eigenvalue weighted by molar-refractivity contribution is 5.92. The molecule has 0 N–H and O–H groups in total. The number of hydrogen-bond acceptors (Lipinski definition) is 2. The first-order chi connectivity index (χ1) is 10.7. The van der Waals surface area contributed by atoms with Crippen LogP contribution in [0.2, 0.25) is 0 Å². The van der Waals surface area contributed by atoms with Crippen LogP contribution in [0.1, 0.15) is 31.7 Å². The van der Waals surface area contributed by atoms with E-state index in [0.717, 1.165) is 37.9 Å². The molecule has 22 heavy (non-hydrogen) atoms. The molecule has 4 heteroatoms. The Morgan fingerprint density at radius 1 is 1.14 bits per heavy atom. The maximum Gasteiger partial charge on any atom is 0.226 e. The Bertz CT molecular complexity index is 537. The number of hydrogen-bond donors (Lipinski definition) is 0. The van der Waals surface area contributed by atoms with Gasteiger partial charge < -0.3 is 9.80 Å². The molecule has 1 saturated carbocycles. The van der Waals surface area contributed by atoms with E-state index in [1.165, 1.54) is 0 Å². The fourth-order valence-electron chi connectivity index (χ4n) is 3.30. The molecule has 0 bridgehead atoms. The quantitative estimate of drug-likeness (QED) is 0.837. The van der Waals surface area contributed by atoms with E-state index in [2.05, 4.69) is 0 Å². The van der Waals surface area contributed by atoms with E-state index < -0.39 is 0 Å². The van der Waals surface area contributed by atoms with Gasteiger partial charge in [-0.15, -0.1) is 0 Å². The SMILES string of the molecule is CCN(Cc1ccccc1)C(=O)C1CC1C(=O)N1CCCC1. The summed E-state index contributed by atoms with van der Waals surface area (Å²) in [4.78, 5) is 28.8. The smallest absolute Gasteiger partial charge is 0.226 e. The third-order valence-corrected chi connectivity index (χ3v) is 4.75. The van der Waals surface area contributed by atoms with E-state index in [1.54, 1.807) is 0 Å². The first kappa shape index (κ1) is 15.1. The second-order valence-corrected chi connectivity index (χ2v) is 6.32. The van der Waals surface area contributed by atoms with Crippen LogP contribution in [-0.4, -0.2) is 41.2 Å². The fraction of sp³-hybridized carbons (Fsp3) is 0.556. The standard InChI is InChI=1S/C18H24N2O2/c1-2-19(13-14-8-4-3-5-9-14)17(21)15-12-16(15)18(22)20-10-6-7-11-20/h3-5,8-9,15-16H,2,6-7,10-13H2,1H3. The molecule has 1 aliphatic heterocycles. The third-order valence-electron chi connectivity index (χ3n) is 4.75. The molecule has 0 aromatic heterocycles. The van der Waals surface area contributed by atoms with Crippen LogP contribution in [0.15, 0.2) is 30.3 Å². The monoisotopic (exact) mass is 300 g/mol. The van der Waals surface area contributed by atoms with Crippen molar-refractivity contribution in [3.63, 3.8) is 0 Å². The molecular formula is C18H24N2O2. The van der Waals surface area contributed by atoms with Gasteiger partial charge in [0.1, 0.15) is 0 Å². The summed E-state index contributed by atoms with van der Waals surface area (Å²) in [6.45, 7) is 5.07. The van der Waals surface area contributed by atoms with Crippen LogP contribution < -0.4 is 0 Å². The van der Waals surface area contributed by atoms with Crippen molar-refractivity contribution in [3.8, 4) is 0 Å². The number of amides is 2. The van der Waals surface area contributed by atoms with E-state index in [0.29, 0.717) is 13.1 Å². The van der Waals surface area contributed by atoms with E-state index in [-0.39, 0.29) is 23.7 Å². The minimum absolute atomic E-state index is 0.0598. The summed E-state index contributed by atoms with van der Waals surface area (Å²) in [6, 6.07) is 10.0. The molecule has 0 spiro atoms. The first-order valence-electron chi connectivity index (χ1n) is 8.32. The van der Waals surface area contributed by atoms with Gasteiger partial charge in [-0.2, -0.15) is 0 Å². The Kier molecular flexibility index (Phi) is 4.46. The Balaban J connectivity index is 1.57. The van der Waals surface area contributed by atoms with Crippen molar-refractivity contribution in [1.29, 1.82) is 0 Å². The Morgan fingerprint density at radius 3 is 2.45 bits per heavy atom. The van der Waals surface area contributed by atoms with Crippen molar-refractivity contribution >= 4 is 11.8 Å². The van der Waals surface area contributed by atoms with Crippen molar-refractivity contribution in [2.75, 3.05) is 19.6 Å². The molecule has 1 saturated heterocycles. The van der Waals surface area contributed by atoms with Crippen molar-refractivity contribution in [2.45, 2.75) is 32.7 Å². The largest absolute Gasteiger partial charge is 0.342 e. The summed E-state index contributed by atoms with van der Waals surface area (Å²) in [5.74, 6) is 0.197. The molecule has 1 aromatic carbocycles. The first-order valence-corrected chi connectivity index (χ1v) is 8.32. The predicted molar refractivity (Wildman–Crippen MR) is 84.9 cm³/mol. The maximum atomic E-state index is 12.6. The van der Waals surface area contributed by atoms with Crippen molar-refractivity contribution in [3.05, 3.63) is 35.9 Å². The normalized spacial score (nSPS) is 23.4. The van der Waals surface area contributed by atoms with Gasteiger partial charge in [0.15, 0.2) is 0 Å². The van der Waals surface area contributed by atoms with Crippen LogP contribution in [-0.2, 0) is 16.1 Å². The fourth-order valence-corrected chi connectivity index (χ4v) is 3.30. The summed E-state index contributed by atoms with van der Waals surface area (Å²) in [5, 5.41) is 0. The van der Waals surface area contributed by atoms with E-state index in [1.807, 2.05) is 47.1 Å². The van der Waals surface area contributed by atoms with E-state index >= 15 is 0 Å². The predicted octanol–water partition coefficient (Wildman–Crippen LogP) is 2.29. The number of rotatable bonds is 5. The van der Waals surface area contributed by atoms with Gasteiger partial charge in [0.2, 0.25) is 11.8 Å². The Labute approximate surface area is 132 Å². The van der Waals surface area contributed by atoms with Crippen LogP contribution in [0, 0.1) is 11.8 Å². The summed E-state index contributed by atoms with van der Waals surface area (Å²) >= 11 is 0. The highest BCUT2D eigenvalue weighted by Crippen LogP contribution is 2.42. The molecule has 3 rings (SSSR count). The molecule has 1 heterocycles. The zero-order valence-electron chi connectivity index (χ0n) is 13.2. The number of carbonyl (C=O) groups excluding carboxylic acids is 2. The lowest BCUT2D eigenvalue weighted by molar-refractivity contribution is -0.137. The molecule has 2 unspecified atom stereocenters. The van der Waals surface area contributed by atoms with E-state index in [4.69, 9.17) is 0 Å². The highest BCUT2D eigenvalue weighted by Gasteiger charge is 2.50. The molecular weight excluding hydrogens is 276 g/mol. The van der Waals surface area contributed by atoms with Crippen molar-refractivity contribution in [1.82, 2.24) is 9.80 Å². The van der Waals surface area contributed by atoms with Gasteiger partial charge in [-0.25, -0.2) is 0 Å². The highest BCUT2D eigenvalue weighted by atomic mass is 16.2. The van der Waals surface area contributed by atoms with Gasteiger partial charge in [-0.3, -0.25) is 9.59 Å². The Hall–Kier alpha value is -1.84. The molecule has 4 nitrogen and oxygen atoms in total. The Morgan fingerprint density at radius 2 is 1.82 bits per heavy atom. The molecule has 1 aliphatic carbocycles. The van der Waals surface area contributed by atoms with Crippen LogP contribution in [0.4, 0.5) is 0 Å². The van der Waals surface area contributed by atoms with Gasteiger partial charge in [0.05, 0.1) is 11.8 Å².